The van der Waals surface area contributed by atoms with Crippen molar-refractivity contribution < 1.29 is 35.8 Å². The van der Waals surface area contributed by atoms with Crippen LogP contribution < -0.4 is 18.9 Å². The van der Waals surface area contributed by atoms with Crippen LogP contribution >= 0.6 is 0 Å². The number of ether oxygens (including phenoxy) is 3. The lowest BCUT2D eigenvalue weighted by atomic mass is 10.1. The van der Waals surface area contributed by atoms with Crippen molar-refractivity contribution in [2.24, 2.45) is 0 Å². The number of nitrogens with one attached hydrogen (secondary N) is 1. The minimum Gasteiger partial charge on any atom is -0.493 e. The van der Waals surface area contributed by atoms with Gasteiger partial charge in [0.2, 0.25) is 5.75 Å². The summed E-state index contributed by atoms with van der Waals surface area (Å²) in [7, 11) is 0.455. The summed E-state index contributed by atoms with van der Waals surface area (Å²) in [5, 5.41) is 0. The molecule has 0 spiro atoms. The highest BCUT2D eigenvalue weighted by molar-refractivity contribution is 7.92. The molecule has 0 amide bonds. The predicted molar refractivity (Wildman–Crippen MR) is 124 cm³/mol. The summed E-state index contributed by atoms with van der Waals surface area (Å²) in [5.74, 6) is 1.43. The summed E-state index contributed by atoms with van der Waals surface area (Å²) in [6.07, 6.45) is -1.00. The second-order valence-electron chi connectivity index (χ2n) is 7.05. The average Bonchev–Trinajstić information content (AvgIpc) is 2.81. The van der Waals surface area contributed by atoms with Gasteiger partial charge in [0.25, 0.3) is 10.0 Å². The molecule has 6 nitrogen and oxygen atoms in total. The average molecular weight is 494 g/mol. The Hall–Kier alpha value is -3.66. The standard InChI is InChI=1S/C24H22F3NO5S/c1-31-21-14-17(15-22(32-2)23(21)33-3)8-7-16-5-4-6-19(13-16)28-34(29,30)20-11-9-18(10-12-20)24(25,26)27/h4-15,28H,1-3H3/b8-7-. The van der Waals surface area contributed by atoms with Crippen LogP contribution in [0.4, 0.5) is 18.9 Å². The second kappa shape index (κ2) is 10.1. The number of hydrogen-bond donors (Lipinski definition) is 1. The van der Waals surface area contributed by atoms with Gasteiger partial charge >= 0.3 is 6.18 Å². The van der Waals surface area contributed by atoms with Gasteiger partial charge in [-0.2, -0.15) is 13.2 Å². The van der Waals surface area contributed by atoms with Crippen molar-refractivity contribution in [3.05, 3.63) is 77.4 Å². The lowest BCUT2D eigenvalue weighted by Crippen LogP contribution is -2.13. The summed E-state index contributed by atoms with van der Waals surface area (Å²) >= 11 is 0. The van der Waals surface area contributed by atoms with Crippen LogP contribution in [0.15, 0.2) is 65.6 Å². The smallest absolute Gasteiger partial charge is 0.416 e. The number of methoxy groups -OCH3 is 3. The Bertz CT molecular complexity index is 1260. The molecule has 0 aliphatic heterocycles. The highest BCUT2D eigenvalue weighted by Crippen LogP contribution is 2.38. The van der Waals surface area contributed by atoms with E-state index in [9.17, 15) is 21.6 Å². The zero-order valence-corrected chi connectivity index (χ0v) is 19.3. The molecule has 0 aliphatic carbocycles. The van der Waals surface area contributed by atoms with Gasteiger partial charge < -0.3 is 14.2 Å². The molecule has 0 unspecified atom stereocenters. The topological polar surface area (TPSA) is 73.9 Å². The first-order chi connectivity index (χ1) is 16.1. The molecule has 10 heteroatoms. The molecule has 0 fully saturated rings. The fourth-order valence-corrected chi connectivity index (χ4v) is 4.18. The van der Waals surface area contributed by atoms with Crippen LogP contribution in [0.25, 0.3) is 12.2 Å². The van der Waals surface area contributed by atoms with Crippen LogP contribution in [-0.2, 0) is 16.2 Å². The van der Waals surface area contributed by atoms with E-state index in [1.807, 2.05) is 0 Å². The summed E-state index contributed by atoms with van der Waals surface area (Å²) in [5.41, 5.74) is 0.768. The van der Waals surface area contributed by atoms with E-state index < -0.39 is 21.8 Å². The van der Waals surface area contributed by atoms with Gasteiger partial charge in [-0.15, -0.1) is 0 Å². The van der Waals surface area contributed by atoms with E-state index in [0.717, 1.165) is 29.8 Å². The van der Waals surface area contributed by atoms with Crippen LogP contribution in [0.2, 0.25) is 0 Å². The molecule has 0 atom stereocenters. The molecule has 3 aromatic carbocycles. The first kappa shape index (κ1) is 25.0. The number of sulfonamides is 1. The lowest BCUT2D eigenvalue weighted by Gasteiger charge is -2.13. The van der Waals surface area contributed by atoms with E-state index in [2.05, 4.69) is 4.72 Å². The molecule has 3 rings (SSSR count). The van der Waals surface area contributed by atoms with Gasteiger partial charge in [-0.3, -0.25) is 4.72 Å². The first-order valence-electron chi connectivity index (χ1n) is 9.85. The Labute approximate surface area is 195 Å². The third-order valence-electron chi connectivity index (χ3n) is 4.79. The van der Waals surface area contributed by atoms with E-state index in [-0.39, 0.29) is 10.6 Å². The summed E-state index contributed by atoms with van der Waals surface area (Å²) in [6, 6.07) is 13.4. The SMILES string of the molecule is COc1cc(/C=C\c2cccc(NS(=O)(=O)c3ccc(C(F)(F)F)cc3)c2)cc(OC)c1OC. The van der Waals surface area contributed by atoms with Gasteiger partial charge in [0.05, 0.1) is 31.8 Å². The number of rotatable bonds is 8. The largest absolute Gasteiger partial charge is 0.493 e. The molecule has 34 heavy (non-hydrogen) atoms. The van der Waals surface area contributed by atoms with Gasteiger partial charge in [0.15, 0.2) is 11.5 Å². The normalized spacial score (nSPS) is 11.9. The predicted octanol–water partition coefficient (Wildman–Crippen LogP) is 5.70. The maximum Gasteiger partial charge on any atom is 0.416 e. The molecular weight excluding hydrogens is 471 g/mol. The zero-order valence-electron chi connectivity index (χ0n) is 18.5. The van der Waals surface area contributed by atoms with Gasteiger partial charge in [-0.1, -0.05) is 24.3 Å². The van der Waals surface area contributed by atoms with Gasteiger partial charge in [-0.05, 0) is 59.7 Å². The molecular formula is C24H22F3NO5S. The Morgan fingerprint density at radius 1 is 0.794 bits per heavy atom. The molecule has 0 saturated heterocycles. The third-order valence-corrected chi connectivity index (χ3v) is 6.18. The zero-order chi connectivity index (χ0) is 24.9. The Morgan fingerprint density at radius 3 is 1.91 bits per heavy atom. The fraction of sp³-hybridized carbons (Fsp3) is 0.167. The van der Waals surface area contributed by atoms with Crippen molar-refractivity contribution >= 4 is 27.9 Å². The van der Waals surface area contributed by atoms with E-state index in [4.69, 9.17) is 14.2 Å². The molecule has 0 aliphatic rings. The summed E-state index contributed by atoms with van der Waals surface area (Å²) in [4.78, 5) is -0.279. The molecule has 0 saturated carbocycles. The minimum atomic E-state index is -4.55. The van der Waals surface area contributed by atoms with Crippen molar-refractivity contribution in [3.8, 4) is 17.2 Å². The Balaban J connectivity index is 1.82. The van der Waals surface area contributed by atoms with Crippen molar-refractivity contribution in [1.29, 1.82) is 0 Å². The Kier molecular flexibility index (Phi) is 7.41. The lowest BCUT2D eigenvalue weighted by molar-refractivity contribution is -0.137. The van der Waals surface area contributed by atoms with Crippen LogP contribution in [0.3, 0.4) is 0 Å². The third kappa shape index (κ3) is 5.82. The van der Waals surface area contributed by atoms with Crippen molar-refractivity contribution in [3.63, 3.8) is 0 Å². The summed E-state index contributed by atoms with van der Waals surface area (Å²) in [6.45, 7) is 0. The van der Waals surface area contributed by atoms with E-state index in [0.29, 0.717) is 22.8 Å². The van der Waals surface area contributed by atoms with Crippen LogP contribution in [0.1, 0.15) is 16.7 Å². The molecule has 0 bridgehead atoms. The van der Waals surface area contributed by atoms with Gasteiger partial charge in [0, 0.05) is 5.69 Å². The van der Waals surface area contributed by atoms with Crippen LogP contribution in [0.5, 0.6) is 17.2 Å². The van der Waals surface area contributed by atoms with Crippen molar-refractivity contribution in [1.82, 2.24) is 0 Å². The number of halogens is 3. The van der Waals surface area contributed by atoms with E-state index in [1.54, 1.807) is 48.6 Å². The molecule has 0 aromatic heterocycles. The molecule has 0 radical (unpaired) electrons. The van der Waals surface area contributed by atoms with Crippen molar-refractivity contribution in [2.75, 3.05) is 26.1 Å². The van der Waals surface area contributed by atoms with Gasteiger partial charge in [0.1, 0.15) is 0 Å². The highest BCUT2D eigenvalue weighted by Gasteiger charge is 2.30. The number of alkyl halides is 3. The number of hydrogen-bond acceptors (Lipinski definition) is 5. The second-order valence-corrected chi connectivity index (χ2v) is 8.73. The van der Waals surface area contributed by atoms with E-state index in [1.165, 1.54) is 21.3 Å². The summed E-state index contributed by atoms with van der Waals surface area (Å²) < 4.78 is 81.8. The maximum atomic E-state index is 12.7. The molecule has 3 aromatic rings. The van der Waals surface area contributed by atoms with E-state index >= 15 is 0 Å². The quantitative estimate of drug-likeness (QED) is 0.408. The molecule has 180 valence electrons. The minimum absolute atomic E-state index is 0.256. The maximum absolute atomic E-state index is 12.7. The number of benzene rings is 3. The number of anilines is 1. The fourth-order valence-electron chi connectivity index (χ4n) is 3.13. The van der Waals surface area contributed by atoms with Crippen LogP contribution in [-0.4, -0.2) is 29.7 Å². The Morgan fingerprint density at radius 2 is 1.38 bits per heavy atom. The van der Waals surface area contributed by atoms with Gasteiger partial charge in [-0.25, -0.2) is 8.42 Å². The van der Waals surface area contributed by atoms with Crippen molar-refractivity contribution in [2.45, 2.75) is 11.1 Å². The molecule has 1 N–H and O–H groups in total. The highest BCUT2D eigenvalue weighted by atomic mass is 32.2. The monoisotopic (exact) mass is 493 g/mol. The van der Waals surface area contributed by atoms with Crippen LogP contribution in [0, 0.1) is 0 Å². The molecule has 0 heterocycles. The first-order valence-corrected chi connectivity index (χ1v) is 11.3.